The van der Waals surface area contributed by atoms with Gasteiger partial charge in [-0.05, 0) is 55.7 Å². The number of hydrogen-bond acceptors (Lipinski definition) is 6. The fourth-order valence-electron chi connectivity index (χ4n) is 3.46. The van der Waals surface area contributed by atoms with Crippen molar-refractivity contribution >= 4 is 29.3 Å². The van der Waals surface area contributed by atoms with Crippen molar-refractivity contribution in [3.63, 3.8) is 0 Å². The fraction of sp³-hybridized carbons (Fsp3) is 0.360. The highest BCUT2D eigenvalue weighted by atomic mass is 32.2. The number of carbonyl (C=O) groups excluding carboxylic acids is 2. The van der Waals surface area contributed by atoms with E-state index < -0.39 is 0 Å². The van der Waals surface area contributed by atoms with Crippen LogP contribution in [0.25, 0.3) is 0 Å². The number of nitrogens with one attached hydrogen (secondary N) is 2. The molecular formula is C25H31N5O3S. The maximum atomic E-state index is 12.9. The zero-order valence-electron chi connectivity index (χ0n) is 20.2. The quantitative estimate of drug-likeness (QED) is 0.415. The van der Waals surface area contributed by atoms with Crippen LogP contribution in [0.5, 0.6) is 5.75 Å². The molecule has 0 radical (unpaired) electrons. The highest BCUT2D eigenvalue weighted by Crippen LogP contribution is 2.26. The summed E-state index contributed by atoms with van der Waals surface area (Å²) in [6.07, 6.45) is 0. The third kappa shape index (κ3) is 6.17. The third-order valence-electron chi connectivity index (χ3n) is 5.40. The molecule has 0 spiro atoms. The van der Waals surface area contributed by atoms with Gasteiger partial charge in [-0.3, -0.25) is 9.59 Å². The van der Waals surface area contributed by atoms with Gasteiger partial charge < -0.3 is 19.9 Å². The first-order valence-corrected chi connectivity index (χ1v) is 12.2. The van der Waals surface area contributed by atoms with Gasteiger partial charge in [-0.2, -0.15) is 0 Å². The number of benzene rings is 2. The first kappa shape index (κ1) is 25.3. The number of thioether (sulfide) groups is 1. The average Bonchev–Trinajstić information content (AvgIpc) is 3.24. The van der Waals surface area contributed by atoms with Gasteiger partial charge in [-0.15, -0.1) is 10.2 Å². The van der Waals surface area contributed by atoms with Crippen LogP contribution in [0.3, 0.4) is 0 Å². The molecule has 0 bridgehead atoms. The molecule has 0 aliphatic heterocycles. The molecule has 2 aromatic carbocycles. The van der Waals surface area contributed by atoms with Gasteiger partial charge in [-0.1, -0.05) is 43.8 Å². The van der Waals surface area contributed by atoms with E-state index in [4.69, 9.17) is 4.74 Å². The minimum absolute atomic E-state index is 0.0823. The molecule has 180 valence electrons. The largest absolute Gasteiger partial charge is 0.497 e. The van der Waals surface area contributed by atoms with Gasteiger partial charge in [0.05, 0.1) is 18.9 Å². The Morgan fingerprint density at radius 1 is 1.09 bits per heavy atom. The van der Waals surface area contributed by atoms with E-state index in [1.165, 1.54) is 11.8 Å². The van der Waals surface area contributed by atoms with Gasteiger partial charge in [0.25, 0.3) is 5.91 Å². The predicted octanol–water partition coefficient (Wildman–Crippen LogP) is 4.47. The number of aromatic nitrogens is 3. The molecule has 1 aromatic heterocycles. The van der Waals surface area contributed by atoms with Gasteiger partial charge in [0.15, 0.2) is 11.0 Å². The van der Waals surface area contributed by atoms with E-state index in [2.05, 4.69) is 20.8 Å². The van der Waals surface area contributed by atoms with E-state index in [9.17, 15) is 9.59 Å². The number of hydrogen-bond donors (Lipinski definition) is 2. The van der Waals surface area contributed by atoms with E-state index in [-0.39, 0.29) is 29.5 Å². The van der Waals surface area contributed by atoms with Crippen molar-refractivity contribution in [2.75, 3.05) is 18.2 Å². The van der Waals surface area contributed by atoms with Gasteiger partial charge in [0, 0.05) is 17.8 Å². The molecule has 0 aliphatic rings. The molecule has 8 nitrogen and oxygen atoms in total. The van der Waals surface area contributed by atoms with Crippen LogP contribution in [-0.2, 0) is 11.3 Å². The topological polar surface area (TPSA) is 98.1 Å². The van der Waals surface area contributed by atoms with Crippen LogP contribution in [0, 0.1) is 12.8 Å². The molecule has 2 N–H and O–H groups in total. The maximum absolute atomic E-state index is 12.9. The molecule has 3 rings (SSSR count). The second-order valence-electron chi connectivity index (χ2n) is 8.16. The van der Waals surface area contributed by atoms with Crippen LogP contribution >= 0.6 is 11.8 Å². The molecular weight excluding hydrogens is 450 g/mol. The van der Waals surface area contributed by atoms with Crippen molar-refractivity contribution in [3.8, 4) is 5.75 Å². The number of nitrogens with zero attached hydrogens (tertiary/aromatic N) is 3. The zero-order valence-corrected chi connectivity index (χ0v) is 21.0. The van der Waals surface area contributed by atoms with Crippen LogP contribution in [-0.4, -0.2) is 39.4 Å². The average molecular weight is 482 g/mol. The van der Waals surface area contributed by atoms with Crippen molar-refractivity contribution in [2.45, 2.75) is 45.4 Å². The molecule has 0 aliphatic carbocycles. The Bertz CT molecular complexity index is 1130. The Hall–Kier alpha value is -3.33. The summed E-state index contributed by atoms with van der Waals surface area (Å²) in [6, 6.07) is 14.3. The lowest BCUT2D eigenvalue weighted by atomic mass is 10.0. The minimum atomic E-state index is -0.336. The van der Waals surface area contributed by atoms with Crippen LogP contribution in [0.15, 0.2) is 53.7 Å². The Morgan fingerprint density at radius 3 is 2.41 bits per heavy atom. The summed E-state index contributed by atoms with van der Waals surface area (Å²) in [5.74, 6) is 1.34. The molecule has 1 atom stereocenters. The maximum Gasteiger partial charge on any atom is 0.251 e. The van der Waals surface area contributed by atoms with Gasteiger partial charge in [0.1, 0.15) is 5.75 Å². The van der Waals surface area contributed by atoms with Crippen molar-refractivity contribution in [3.05, 3.63) is 65.5 Å². The van der Waals surface area contributed by atoms with Crippen molar-refractivity contribution < 1.29 is 14.3 Å². The molecule has 0 fully saturated rings. The Labute approximate surface area is 204 Å². The van der Waals surface area contributed by atoms with E-state index in [1.54, 1.807) is 31.4 Å². The predicted molar refractivity (Wildman–Crippen MR) is 134 cm³/mol. The molecule has 1 heterocycles. The SMILES string of the molecule is CCn1c(SCC(=O)Nc2ccccc2C)nnc1[C@H](NC(=O)c1ccc(OC)cc1)C(C)C. The lowest BCUT2D eigenvalue weighted by Crippen LogP contribution is -2.33. The lowest BCUT2D eigenvalue weighted by molar-refractivity contribution is -0.113. The number of methoxy groups -OCH3 is 1. The number of aryl methyl sites for hydroxylation is 1. The number of rotatable bonds is 10. The van der Waals surface area contributed by atoms with Gasteiger partial charge >= 0.3 is 0 Å². The number of carbonyl (C=O) groups is 2. The number of amides is 2. The summed E-state index contributed by atoms with van der Waals surface area (Å²) in [7, 11) is 1.59. The van der Waals surface area contributed by atoms with E-state index in [0.717, 1.165) is 11.3 Å². The summed E-state index contributed by atoms with van der Waals surface area (Å²) >= 11 is 1.32. The first-order valence-electron chi connectivity index (χ1n) is 11.2. The summed E-state index contributed by atoms with van der Waals surface area (Å²) in [5.41, 5.74) is 2.34. The smallest absolute Gasteiger partial charge is 0.251 e. The molecule has 3 aromatic rings. The molecule has 0 unspecified atom stereocenters. The first-order chi connectivity index (χ1) is 16.3. The molecule has 0 saturated heterocycles. The number of ether oxygens (including phenoxy) is 1. The van der Waals surface area contributed by atoms with Crippen LogP contribution < -0.4 is 15.4 Å². The second kappa shape index (κ2) is 11.7. The van der Waals surface area contributed by atoms with Crippen molar-refractivity contribution in [1.29, 1.82) is 0 Å². The van der Waals surface area contributed by atoms with Crippen LogP contribution in [0.4, 0.5) is 5.69 Å². The molecule has 0 saturated carbocycles. The lowest BCUT2D eigenvalue weighted by Gasteiger charge is -2.22. The fourth-order valence-corrected chi connectivity index (χ4v) is 4.27. The molecule has 9 heteroatoms. The Balaban J connectivity index is 1.71. The standard InChI is InChI=1S/C25H31N5O3S/c1-6-30-23(22(16(2)3)27-24(32)18-11-13-19(33-5)14-12-18)28-29-25(30)34-15-21(31)26-20-10-8-7-9-17(20)4/h7-14,16,22H,6,15H2,1-5H3,(H,26,31)(H,27,32)/t22-/m1/s1. The van der Waals surface area contributed by atoms with Crippen LogP contribution in [0.1, 0.15) is 48.6 Å². The second-order valence-corrected chi connectivity index (χ2v) is 9.10. The van der Waals surface area contributed by atoms with Crippen LogP contribution in [0.2, 0.25) is 0 Å². The zero-order chi connectivity index (χ0) is 24.7. The van der Waals surface area contributed by atoms with E-state index in [1.807, 2.05) is 56.5 Å². The van der Waals surface area contributed by atoms with Gasteiger partial charge in [0.2, 0.25) is 5.91 Å². The van der Waals surface area contributed by atoms with Crippen molar-refractivity contribution in [2.24, 2.45) is 5.92 Å². The summed E-state index contributed by atoms with van der Waals surface area (Å²) in [4.78, 5) is 25.4. The van der Waals surface area contributed by atoms with Crippen molar-refractivity contribution in [1.82, 2.24) is 20.1 Å². The summed E-state index contributed by atoms with van der Waals surface area (Å²) in [5, 5.41) is 15.4. The van der Waals surface area contributed by atoms with E-state index in [0.29, 0.717) is 28.8 Å². The van der Waals surface area contributed by atoms with E-state index >= 15 is 0 Å². The highest BCUT2D eigenvalue weighted by molar-refractivity contribution is 7.99. The third-order valence-corrected chi connectivity index (χ3v) is 6.36. The Morgan fingerprint density at radius 2 is 1.79 bits per heavy atom. The molecule has 2 amide bonds. The highest BCUT2D eigenvalue weighted by Gasteiger charge is 2.26. The number of para-hydroxylation sites is 1. The minimum Gasteiger partial charge on any atom is -0.497 e. The normalized spacial score (nSPS) is 11.8. The summed E-state index contributed by atoms with van der Waals surface area (Å²) < 4.78 is 7.11. The summed E-state index contributed by atoms with van der Waals surface area (Å²) in [6.45, 7) is 8.61. The Kier molecular flexibility index (Phi) is 8.70. The molecule has 34 heavy (non-hydrogen) atoms. The monoisotopic (exact) mass is 481 g/mol. The van der Waals surface area contributed by atoms with Gasteiger partial charge in [-0.25, -0.2) is 0 Å². The number of anilines is 1.